The van der Waals surface area contributed by atoms with E-state index >= 15 is 0 Å². The van der Waals surface area contributed by atoms with Crippen LogP contribution in [0.4, 0.5) is 23.1 Å². The molecule has 11 heteroatoms. The third kappa shape index (κ3) is 5.60. The smallest absolute Gasteiger partial charge is 0.229 e. The van der Waals surface area contributed by atoms with Crippen molar-refractivity contribution in [2.75, 3.05) is 29.3 Å². The second-order valence-corrected chi connectivity index (χ2v) is 10.8. The average Bonchev–Trinajstić information content (AvgIpc) is 3.25. The van der Waals surface area contributed by atoms with E-state index in [2.05, 4.69) is 83.7 Å². The van der Waals surface area contributed by atoms with E-state index in [1.165, 1.54) is 5.17 Å². The second-order valence-electron chi connectivity index (χ2n) is 10.8. The number of hydrogen-bond acceptors (Lipinski definition) is 11. The molecule has 2 aliphatic heterocycles. The van der Waals surface area contributed by atoms with E-state index in [0.717, 1.165) is 30.6 Å². The Bertz CT molecular complexity index is 1160. The highest BCUT2D eigenvalue weighted by molar-refractivity contribution is 5.64. The lowest BCUT2D eigenvalue weighted by molar-refractivity contribution is -0.174. The summed E-state index contributed by atoms with van der Waals surface area (Å²) in [6, 6.07) is 10.2. The number of hydroxylamine groups is 1. The average molecular weight is 507 g/mol. The summed E-state index contributed by atoms with van der Waals surface area (Å²) in [7, 11) is 2.18. The minimum absolute atomic E-state index is 0.0157. The summed E-state index contributed by atoms with van der Waals surface area (Å²) < 4.78 is 0. The molecular formula is C26H38N10O. The van der Waals surface area contributed by atoms with E-state index in [9.17, 15) is 5.26 Å². The molecule has 2 N–H and O–H groups in total. The Balaban J connectivity index is 1.53. The fourth-order valence-electron chi connectivity index (χ4n) is 5.25. The van der Waals surface area contributed by atoms with Crippen molar-refractivity contribution in [2.45, 2.75) is 84.1 Å². The Morgan fingerprint density at radius 1 is 1.14 bits per heavy atom. The molecule has 1 aromatic heterocycles. The van der Waals surface area contributed by atoms with Crippen LogP contribution in [0.5, 0.6) is 0 Å². The van der Waals surface area contributed by atoms with Gasteiger partial charge in [-0.2, -0.15) is 10.2 Å². The molecule has 0 spiro atoms. The van der Waals surface area contributed by atoms with Gasteiger partial charge in [0, 0.05) is 22.8 Å². The molecular weight excluding hydrogens is 468 g/mol. The fourth-order valence-corrected chi connectivity index (χ4v) is 5.25. The summed E-state index contributed by atoms with van der Waals surface area (Å²) in [5.41, 5.74) is 2.12. The number of piperidine rings is 1. The molecule has 1 saturated heterocycles. The van der Waals surface area contributed by atoms with Gasteiger partial charge in [0.1, 0.15) is 17.5 Å². The van der Waals surface area contributed by atoms with Crippen LogP contribution in [-0.2, 0) is 4.84 Å². The molecule has 1 atom stereocenters. The largest absolute Gasteiger partial charge is 0.366 e. The maximum atomic E-state index is 9.70. The van der Waals surface area contributed by atoms with Gasteiger partial charge in [0.25, 0.3) is 0 Å². The van der Waals surface area contributed by atoms with Crippen molar-refractivity contribution in [1.29, 1.82) is 5.26 Å². The third-order valence-corrected chi connectivity index (χ3v) is 7.31. The van der Waals surface area contributed by atoms with Crippen molar-refractivity contribution in [3.05, 3.63) is 36.0 Å². The van der Waals surface area contributed by atoms with Crippen molar-refractivity contribution in [1.82, 2.24) is 20.0 Å². The number of hydrogen-bond donors (Lipinski definition) is 2. The summed E-state index contributed by atoms with van der Waals surface area (Å²) >= 11 is 0. The normalized spacial score (nSPS) is 21.2. The van der Waals surface area contributed by atoms with Crippen molar-refractivity contribution < 1.29 is 4.84 Å². The molecule has 2 aliphatic rings. The Kier molecular flexibility index (Phi) is 7.52. The molecule has 1 aromatic carbocycles. The number of nitrogens with one attached hydrogen (secondary N) is 2. The van der Waals surface area contributed by atoms with Gasteiger partial charge in [0.2, 0.25) is 5.95 Å². The minimum Gasteiger partial charge on any atom is -0.366 e. The minimum atomic E-state index is -0.125. The number of benzene rings is 1. The lowest BCUT2D eigenvalue weighted by Gasteiger charge is -2.53. The Morgan fingerprint density at radius 2 is 1.86 bits per heavy atom. The number of nitriles is 1. The van der Waals surface area contributed by atoms with E-state index in [4.69, 9.17) is 4.84 Å². The van der Waals surface area contributed by atoms with Gasteiger partial charge in [-0.3, -0.25) is 9.74 Å². The molecule has 0 saturated carbocycles. The van der Waals surface area contributed by atoms with Gasteiger partial charge >= 0.3 is 0 Å². The lowest BCUT2D eigenvalue weighted by Crippen LogP contribution is -2.61. The monoisotopic (exact) mass is 506 g/mol. The standard InChI is InChI=1S/C26H38N10O/c1-8-22-35(32-33-36(22)37-9-2)21-12-10-11-19(13-21)30-24-28-17-18(16-27)23(31-24)29-20-14-25(3,4)34(7)26(5,6)15-20/h10-13,17,20,22H,8-9,14-15H2,1-7H3,(H2,28,29,30,31). The number of nitrogens with zero attached hydrogens (tertiary/aromatic N) is 8. The number of likely N-dealkylation sites (tertiary alicyclic amines) is 1. The van der Waals surface area contributed by atoms with Gasteiger partial charge in [-0.15, -0.1) is 5.17 Å². The van der Waals surface area contributed by atoms with Crippen molar-refractivity contribution in [3.8, 4) is 6.07 Å². The summed E-state index contributed by atoms with van der Waals surface area (Å²) in [4.78, 5) is 17.1. The van der Waals surface area contributed by atoms with Crippen LogP contribution in [0.25, 0.3) is 0 Å². The third-order valence-electron chi connectivity index (χ3n) is 7.31. The molecule has 198 valence electrons. The first-order chi connectivity index (χ1) is 17.6. The van der Waals surface area contributed by atoms with Crippen molar-refractivity contribution in [3.63, 3.8) is 0 Å². The zero-order chi connectivity index (χ0) is 26.8. The van der Waals surface area contributed by atoms with Gasteiger partial charge in [0.15, 0.2) is 6.17 Å². The van der Waals surface area contributed by atoms with E-state index in [1.807, 2.05) is 36.2 Å². The SMILES string of the molecule is CCON1N=NN(c2cccc(Nc3ncc(C#N)c(NC4CC(C)(C)N(C)C(C)(C)C4)n3)c2)C1CC. The van der Waals surface area contributed by atoms with Gasteiger partial charge in [-0.1, -0.05) is 13.0 Å². The summed E-state index contributed by atoms with van der Waals surface area (Å²) in [6.45, 7) is 13.5. The quantitative estimate of drug-likeness (QED) is 0.495. The van der Waals surface area contributed by atoms with Crippen LogP contribution >= 0.6 is 0 Å². The molecule has 11 nitrogen and oxygen atoms in total. The zero-order valence-corrected chi connectivity index (χ0v) is 22.9. The predicted molar refractivity (Wildman–Crippen MR) is 144 cm³/mol. The molecule has 4 rings (SSSR count). The van der Waals surface area contributed by atoms with Crippen LogP contribution in [0.1, 0.15) is 66.4 Å². The molecule has 0 radical (unpaired) electrons. The lowest BCUT2D eigenvalue weighted by atomic mass is 9.77. The number of anilines is 4. The van der Waals surface area contributed by atoms with E-state index < -0.39 is 0 Å². The fraction of sp³-hybridized carbons (Fsp3) is 0.577. The molecule has 0 bridgehead atoms. The van der Waals surface area contributed by atoms with Gasteiger partial charge in [-0.05, 0) is 89.6 Å². The van der Waals surface area contributed by atoms with E-state index in [-0.39, 0.29) is 23.3 Å². The van der Waals surface area contributed by atoms with Gasteiger partial charge in [-0.25, -0.2) is 9.99 Å². The Hall–Kier alpha value is -3.49. The van der Waals surface area contributed by atoms with Crippen LogP contribution in [0.15, 0.2) is 40.9 Å². The zero-order valence-electron chi connectivity index (χ0n) is 22.9. The summed E-state index contributed by atoms with van der Waals surface area (Å²) in [6.07, 6.45) is 4.10. The molecule has 37 heavy (non-hydrogen) atoms. The number of rotatable bonds is 8. The van der Waals surface area contributed by atoms with Crippen LogP contribution in [0, 0.1) is 11.3 Å². The highest BCUT2D eigenvalue weighted by Gasteiger charge is 2.43. The molecule has 1 fully saturated rings. The first-order valence-electron chi connectivity index (χ1n) is 12.9. The van der Waals surface area contributed by atoms with E-state index in [1.54, 1.807) is 6.20 Å². The second kappa shape index (κ2) is 10.5. The Labute approximate surface area is 219 Å². The van der Waals surface area contributed by atoms with Gasteiger partial charge in [0.05, 0.1) is 18.5 Å². The molecule has 2 aromatic rings. The molecule has 0 aliphatic carbocycles. The van der Waals surface area contributed by atoms with Crippen LogP contribution in [0.3, 0.4) is 0 Å². The van der Waals surface area contributed by atoms with Crippen LogP contribution in [0.2, 0.25) is 0 Å². The first-order valence-corrected chi connectivity index (χ1v) is 12.9. The molecule has 0 amide bonds. The van der Waals surface area contributed by atoms with Crippen molar-refractivity contribution in [2.24, 2.45) is 10.4 Å². The van der Waals surface area contributed by atoms with Crippen molar-refractivity contribution >= 4 is 23.1 Å². The first kappa shape index (κ1) is 26.6. The van der Waals surface area contributed by atoms with E-state index in [0.29, 0.717) is 23.9 Å². The van der Waals surface area contributed by atoms with Gasteiger partial charge < -0.3 is 10.6 Å². The Morgan fingerprint density at radius 3 is 2.51 bits per heavy atom. The molecule has 3 heterocycles. The molecule has 1 unspecified atom stereocenters. The highest BCUT2D eigenvalue weighted by atomic mass is 16.7. The highest BCUT2D eigenvalue weighted by Crippen LogP contribution is 2.38. The predicted octanol–water partition coefficient (Wildman–Crippen LogP) is 5.25. The number of aromatic nitrogens is 2. The topological polar surface area (TPSA) is 117 Å². The maximum Gasteiger partial charge on any atom is 0.229 e. The van der Waals surface area contributed by atoms with Crippen LogP contribution in [-0.4, -0.2) is 57.0 Å². The maximum absolute atomic E-state index is 9.70. The summed E-state index contributed by atoms with van der Waals surface area (Å²) in [5.74, 6) is 0.959. The summed E-state index contributed by atoms with van der Waals surface area (Å²) in [5, 5.41) is 28.3. The van der Waals surface area contributed by atoms with Crippen LogP contribution < -0.4 is 15.6 Å².